The van der Waals surface area contributed by atoms with Gasteiger partial charge >= 0.3 is 0 Å². The SMILES string of the molecule is COc1ccc(C(=O)C2=CCC(C)CC2)cc1F. The molecule has 0 spiro atoms. The van der Waals surface area contributed by atoms with Crippen LogP contribution >= 0.6 is 0 Å². The number of rotatable bonds is 3. The van der Waals surface area contributed by atoms with Crippen molar-refractivity contribution in [1.82, 2.24) is 0 Å². The van der Waals surface area contributed by atoms with Crippen molar-refractivity contribution in [3.05, 3.63) is 41.2 Å². The molecule has 2 nitrogen and oxygen atoms in total. The standard InChI is InChI=1S/C15H17FO2/c1-10-3-5-11(6-4-10)15(17)12-7-8-14(18-2)13(16)9-12/h5,7-10H,3-4,6H2,1-2H3. The molecule has 0 saturated heterocycles. The maximum atomic E-state index is 13.5. The van der Waals surface area contributed by atoms with Gasteiger partial charge in [0.2, 0.25) is 0 Å². The van der Waals surface area contributed by atoms with Gasteiger partial charge in [-0.05, 0) is 49.0 Å². The molecule has 3 heteroatoms. The predicted octanol–water partition coefficient (Wildman–Crippen LogP) is 3.76. The highest BCUT2D eigenvalue weighted by Gasteiger charge is 2.18. The topological polar surface area (TPSA) is 26.3 Å². The van der Waals surface area contributed by atoms with Gasteiger partial charge in [-0.3, -0.25) is 4.79 Å². The van der Waals surface area contributed by atoms with Gasteiger partial charge in [0.15, 0.2) is 17.3 Å². The van der Waals surface area contributed by atoms with Crippen LogP contribution in [0, 0.1) is 11.7 Å². The molecule has 18 heavy (non-hydrogen) atoms. The second kappa shape index (κ2) is 5.34. The van der Waals surface area contributed by atoms with Gasteiger partial charge in [0.25, 0.3) is 0 Å². The summed E-state index contributed by atoms with van der Waals surface area (Å²) in [5.41, 5.74) is 1.20. The van der Waals surface area contributed by atoms with Gasteiger partial charge in [-0.2, -0.15) is 0 Å². The van der Waals surface area contributed by atoms with Gasteiger partial charge in [0.1, 0.15) is 0 Å². The van der Waals surface area contributed by atoms with Gasteiger partial charge in [-0.25, -0.2) is 4.39 Å². The van der Waals surface area contributed by atoms with Crippen LogP contribution in [0.25, 0.3) is 0 Å². The van der Waals surface area contributed by atoms with E-state index in [1.165, 1.54) is 19.2 Å². The number of hydrogen-bond acceptors (Lipinski definition) is 2. The average Bonchev–Trinajstić information content (AvgIpc) is 2.38. The first-order valence-electron chi connectivity index (χ1n) is 6.19. The van der Waals surface area contributed by atoms with Crippen molar-refractivity contribution in [3.8, 4) is 5.75 Å². The summed E-state index contributed by atoms with van der Waals surface area (Å²) >= 11 is 0. The number of methoxy groups -OCH3 is 1. The minimum Gasteiger partial charge on any atom is -0.494 e. The number of allylic oxidation sites excluding steroid dienone is 2. The highest BCUT2D eigenvalue weighted by molar-refractivity contribution is 6.08. The third kappa shape index (κ3) is 2.61. The van der Waals surface area contributed by atoms with Gasteiger partial charge < -0.3 is 4.74 Å². The summed E-state index contributed by atoms with van der Waals surface area (Å²) in [5, 5.41) is 0. The first kappa shape index (κ1) is 12.8. The minimum atomic E-state index is -0.492. The van der Waals surface area contributed by atoms with E-state index in [0.29, 0.717) is 11.5 Å². The molecule has 1 unspecified atom stereocenters. The molecule has 0 aromatic heterocycles. The number of ether oxygens (including phenoxy) is 1. The first-order chi connectivity index (χ1) is 8.61. The molecule has 2 rings (SSSR count). The maximum Gasteiger partial charge on any atom is 0.188 e. The van der Waals surface area contributed by atoms with Crippen molar-refractivity contribution < 1.29 is 13.9 Å². The van der Waals surface area contributed by atoms with E-state index in [-0.39, 0.29) is 11.5 Å². The van der Waals surface area contributed by atoms with Crippen LogP contribution < -0.4 is 4.74 Å². The Labute approximate surface area is 106 Å². The van der Waals surface area contributed by atoms with Crippen LogP contribution in [0.3, 0.4) is 0 Å². The highest BCUT2D eigenvalue weighted by atomic mass is 19.1. The number of benzene rings is 1. The molecule has 1 aromatic carbocycles. The lowest BCUT2D eigenvalue weighted by Crippen LogP contribution is -2.10. The molecule has 0 bridgehead atoms. The van der Waals surface area contributed by atoms with Crippen LogP contribution in [-0.4, -0.2) is 12.9 Å². The fourth-order valence-electron chi connectivity index (χ4n) is 2.16. The van der Waals surface area contributed by atoms with Crippen molar-refractivity contribution in [2.75, 3.05) is 7.11 Å². The van der Waals surface area contributed by atoms with E-state index in [0.717, 1.165) is 24.8 Å². The first-order valence-corrected chi connectivity index (χ1v) is 6.19. The molecule has 0 aliphatic heterocycles. The monoisotopic (exact) mass is 248 g/mol. The van der Waals surface area contributed by atoms with Crippen LogP contribution in [0.1, 0.15) is 36.5 Å². The van der Waals surface area contributed by atoms with Crippen molar-refractivity contribution in [2.24, 2.45) is 5.92 Å². The quantitative estimate of drug-likeness (QED) is 0.761. The Morgan fingerprint density at radius 2 is 2.22 bits per heavy atom. The zero-order valence-electron chi connectivity index (χ0n) is 10.7. The van der Waals surface area contributed by atoms with Crippen LogP contribution in [0.2, 0.25) is 0 Å². The molecule has 0 N–H and O–H groups in total. The summed E-state index contributed by atoms with van der Waals surface area (Å²) in [6, 6.07) is 4.36. The summed E-state index contributed by atoms with van der Waals surface area (Å²) in [4.78, 5) is 12.2. The smallest absolute Gasteiger partial charge is 0.188 e. The van der Waals surface area contributed by atoms with Gasteiger partial charge in [0, 0.05) is 5.56 Å². The summed E-state index contributed by atoms with van der Waals surface area (Å²) < 4.78 is 18.4. The van der Waals surface area contributed by atoms with Gasteiger partial charge in [0.05, 0.1) is 7.11 Å². The van der Waals surface area contributed by atoms with Crippen molar-refractivity contribution in [2.45, 2.75) is 26.2 Å². The minimum absolute atomic E-state index is 0.0662. The van der Waals surface area contributed by atoms with E-state index in [9.17, 15) is 9.18 Å². The Balaban J connectivity index is 2.21. The lowest BCUT2D eigenvalue weighted by Gasteiger charge is -2.17. The Kier molecular flexibility index (Phi) is 3.80. The van der Waals surface area contributed by atoms with Crippen LogP contribution in [0.5, 0.6) is 5.75 Å². The van der Waals surface area contributed by atoms with Crippen molar-refractivity contribution in [3.63, 3.8) is 0 Å². The van der Waals surface area contributed by atoms with E-state index < -0.39 is 5.82 Å². The lowest BCUT2D eigenvalue weighted by atomic mass is 9.87. The number of Topliss-reactive ketones (excluding diaryl/α,β-unsaturated/α-hetero) is 1. The van der Waals surface area contributed by atoms with E-state index in [1.54, 1.807) is 6.07 Å². The van der Waals surface area contributed by atoms with E-state index in [4.69, 9.17) is 4.74 Å². The largest absolute Gasteiger partial charge is 0.494 e. The lowest BCUT2D eigenvalue weighted by molar-refractivity contribution is 0.102. The molecular weight excluding hydrogens is 231 g/mol. The van der Waals surface area contributed by atoms with Crippen LogP contribution in [-0.2, 0) is 0 Å². The number of ketones is 1. The molecular formula is C15H17FO2. The normalized spacial score (nSPS) is 19.3. The molecule has 1 aromatic rings. The van der Waals surface area contributed by atoms with Gasteiger partial charge in [-0.15, -0.1) is 0 Å². The average molecular weight is 248 g/mol. The third-order valence-electron chi connectivity index (χ3n) is 3.38. The molecule has 0 heterocycles. The fourth-order valence-corrected chi connectivity index (χ4v) is 2.16. The van der Waals surface area contributed by atoms with E-state index in [1.807, 2.05) is 6.08 Å². The van der Waals surface area contributed by atoms with Crippen molar-refractivity contribution >= 4 is 5.78 Å². The zero-order chi connectivity index (χ0) is 13.1. The predicted molar refractivity (Wildman–Crippen MR) is 68.4 cm³/mol. The third-order valence-corrected chi connectivity index (χ3v) is 3.38. The molecule has 1 aliphatic rings. The summed E-state index contributed by atoms with van der Waals surface area (Å²) in [6.07, 6.45) is 4.72. The second-order valence-corrected chi connectivity index (χ2v) is 4.79. The zero-order valence-corrected chi connectivity index (χ0v) is 10.7. The van der Waals surface area contributed by atoms with E-state index in [2.05, 4.69) is 6.92 Å². The van der Waals surface area contributed by atoms with Crippen LogP contribution in [0.4, 0.5) is 4.39 Å². The number of carbonyl (C=O) groups excluding carboxylic acids is 1. The molecule has 0 radical (unpaired) electrons. The van der Waals surface area contributed by atoms with Gasteiger partial charge in [-0.1, -0.05) is 13.0 Å². The Morgan fingerprint density at radius 1 is 1.44 bits per heavy atom. The van der Waals surface area contributed by atoms with Crippen LogP contribution in [0.15, 0.2) is 29.8 Å². The molecule has 0 amide bonds. The summed E-state index contributed by atoms with van der Waals surface area (Å²) in [5.74, 6) is 0.239. The van der Waals surface area contributed by atoms with E-state index >= 15 is 0 Å². The molecule has 0 fully saturated rings. The maximum absolute atomic E-state index is 13.5. The molecule has 96 valence electrons. The fraction of sp³-hybridized carbons (Fsp3) is 0.400. The molecule has 1 atom stereocenters. The Morgan fingerprint density at radius 3 is 2.78 bits per heavy atom. The summed E-state index contributed by atoms with van der Waals surface area (Å²) in [7, 11) is 1.41. The number of halogens is 1. The number of carbonyl (C=O) groups is 1. The molecule has 0 saturated carbocycles. The number of hydrogen-bond donors (Lipinski definition) is 0. The highest BCUT2D eigenvalue weighted by Crippen LogP contribution is 2.26. The Hall–Kier alpha value is -1.64. The Bertz CT molecular complexity index is 491. The molecule has 1 aliphatic carbocycles. The second-order valence-electron chi connectivity index (χ2n) is 4.79. The van der Waals surface area contributed by atoms with Crippen molar-refractivity contribution in [1.29, 1.82) is 0 Å². The summed E-state index contributed by atoms with van der Waals surface area (Å²) in [6.45, 7) is 2.17.